The van der Waals surface area contributed by atoms with Gasteiger partial charge >= 0.3 is 0 Å². The van der Waals surface area contributed by atoms with E-state index in [1.165, 1.54) is 5.56 Å². The zero-order chi connectivity index (χ0) is 15.0. The molecular formula is C17H25ClN2O2. The van der Waals surface area contributed by atoms with Crippen LogP contribution in [-0.4, -0.2) is 41.8 Å². The number of aliphatic hydroxyl groups is 1. The highest BCUT2D eigenvalue weighted by atomic mass is 35.5. The van der Waals surface area contributed by atoms with Crippen LogP contribution in [0.25, 0.3) is 0 Å². The van der Waals surface area contributed by atoms with Gasteiger partial charge in [0.15, 0.2) is 0 Å². The summed E-state index contributed by atoms with van der Waals surface area (Å²) in [5, 5.41) is 12.3. The minimum Gasteiger partial charge on any atom is -0.377 e. The third-order valence-corrected chi connectivity index (χ3v) is 5.37. The molecule has 2 aliphatic heterocycles. The van der Waals surface area contributed by atoms with Gasteiger partial charge in [-0.25, -0.2) is 0 Å². The van der Waals surface area contributed by atoms with Gasteiger partial charge in [-0.15, -0.1) is 0 Å². The largest absolute Gasteiger partial charge is 0.377 e. The quantitative estimate of drug-likeness (QED) is 0.840. The van der Waals surface area contributed by atoms with Gasteiger partial charge in [-0.3, -0.25) is 9.69 Å². The van der Waals surface area contributed by atoms with E-state index < -0.39 is 0 Å². The predicted octanol–water partition coefficient (Wildman–Crippen LogP) is 2.61. The van der Waals surface area contributed by atoms with E-state index in [0.29, 0.717) is 11.1 Å². The van der Waals surface area contributed by atoms with Crippen molar-refractivity contribution in [1.82, 2.24) is 10.2 Å². The van der Waals surface area contributed by atoms with E-state index in [1.54, 1.807) is 0 Å². The third kappa shape index (κ3) is 3.00. The Morgan fingerprint density at radius 2 is 2.05 bits per heavy atom. The molecule has 2 heterocycles. The van der Waals surface area contributed by atoms with Crippen molar-refractivity contribution in [1.29, 1.82) is 0 Å². The Hall–Kier alpha value is -1.10. The molecule has 2 saturated heterocycles. The summed E-state index contributed by atoms with van der Waals surface area (Å²) in [7, 11) is 2.11. The monoisotopic (exact) mass is 324 g/mol. The fraction of sp³-hybridized carbons (Fsp3) is 0.588. The molecule has 0 radical (unpaired) electrons. The van der Waals surface area contributed by atoms with Crippen LogP contribution in [0.15, 0.2) is 24.3 Å². The number of fused-ring (bicyclic) bond motifs is 2. The first-order valence-electron chi connectivity index (χ1n) is 7.47. The number of halogens is 1. The standard InChI is InChI=1S/C16H21ClN2O2.CH4/c1-19-12-6-7-14(19)15(16(21)18-9-20)13(8-12)10-2-4-11(17)5-3-10;/h2-5,12-15,20H,6-9H2,1H3,(H,18,21);1H4/t12-,13-,14?,15?;/m1./s1. The van der Waals surface area contributed by atoms with Gasteiger partial charge < -0.3 is 10.4 Å². The van der Waals surface area contributed by atoms with Gasteiger partial charge in [0.25, 0.3) is 0 Å². The first-order chi connectivity index (χ1) is 10.1. The Morgan fingerprint density at radius 3 is 2.68 bits per heavy atom. The molecule has 22 heavy (non-hydrogen) atoms. The van der Waals surface area contributed by atoms with E-state index in [4.69, 9.17) is 16.7 Å². The molecule has 2 N–H and O–H groups in total. The van der Waals surface area contributed by atoms with Gasteiger partial charge in [0.05, 0.1) is 5.92 Å². The highest BCUT2D eigenvalue weighted by molar-refractivity contribution is 6.30. The molecule has 1 amide bonds. The smallest absolute Gasteiger partial charge is 0.227 e. The lowest BCUT2D eigenvalue weighted by Crippen LogP contribution is -2.51. The summed E-state index contributed by atoms with van der Waals surface area (Å²) < 4.78 is 0. The average molecular weight is 325 g/mol. The number of aliphatic hydroxyl groups excluding tert-OH is 1. The number of nitrogens with one attached hydrogen (secondary N) is 1. The molecule has 2 unspecified atom stereocenters. The summed E-state index contributed by atoms with van der Waals surface area (Å²) in [4.78, 5) is 14.8. The average Bonchev–Trinajstić information content (AvgIpc) is 2.72. The molecule has 1 aromatic rings. The molecule has 2 aliphatic rings. The second-order valence-corrected chi connectivity index (χ2v) is 6.52. The van der Waals surface area contributed by atoms with Crippen LogP contribution in [-0.2, 0) is 4.79 Å². The lowest BCUT2D eigenvalue weighted by Gasteiger charge is -2.42. The van der Waals surface area contributed by atoms with Crippen LogP contribution in [0.4, 0.5) is 0 Å². The van der Waals surface area contributed by atoms with Crippen molar-refractivity contribution >= 4 is 17.5 Å². The Bertz CT molecular complexity index is 520. The normalized spacial score (nSPS) is 30.7. The Labute approximate surface area is 137 Å². The maximum absolute atomic E-state index is 12.5. The molecule has 4 nitrogen and oxygen atoms in total. The highest BCUT2D eigenvalue weighted by Gasteiger charge is 2.48. The molecule has 0 saturated carbocycles. The van der Waals surface area contributed by atoms with E-state index in [0.717, 1.165) is 19.3 Å². The molecule has 2 fully saturated rings. The number of piperidine rings is 1. The van der Waals surface area contributed by atoms with E-state index in [-0.39, 0.29) is 37.9 Å². The van der Waals surface area contributed by atoms with Crippen molar-refractivity contribution in [3.05, 3.63) is 34.9 Å². The number of carbonyl (C=O) groups excluding carboxylic acids is 1. The van der Waals surface area contributed by atoms with E-state index in [2.05, 4.69) is 17.3 Å². The lowest BCUT2D eigenvalue weighted by molar-refractivity contribution is -0.130. The van der Waals surface area contributed by atoms with Crippen LogP contribution in [0, 0.1) is 5.92 Å². The molecule has 3 rings (SSSR count). The second-order valence-electron chi connectivity index (χ2n) is 6.08. The van der Waals surface area contributed by atoms with Crippen LogP contribution in [0.1, 0.15) is 38.2 Å². The zero-order valence-electron chi connectivity index (χ0n) is 12.1. The van der Waals surface area contributed by atoms with Crippen LogP contribution in [0.3, 0.4) is 0 Å². The summed E-state index contributed by atoms with van der Waals surface area (Å²) in [6.45, 7) is -0.303. The minimum atomic E-state index is -0.303. The summed E-state index contributed by atoms with van der Waals surface area (Å²) in [6, 6.07) is 8.63. The maximum atomic E-state index is 12.5. The molecular weight excluding hydrogens is 300 g/mol. The van der Waals surface area contributed by atoms with Crippen LogP contribution in [0.2, 0.25) is 5.02 Å². The van der Waals surface area contributed by atoms with Gasteiger partial charge in [0.1, 0.15) is 6.73 Å². The Morgan fingerprint density at radius 1 is 1.36 bits per heavy atom. The molecule has 4 atom stereocenters. The Balaban J connectivity index is 0.00000176. The van der Waals surface area contributed by atoms with Gasteiger partial charge in [0, 0.05) is 17.1 Å². The molecule has 0 aromatic heterocycles. The third-order valence-electron chi connectivity index (χ3n) is 5.12. The van der Waals surface area contributed by atoms with Crippen molar-refractivity contribution in [3.8, 4) is 0 Å². The van der Waals surface area contributed by atoms with E-state index >= 15 is 0 Å². The van der Waals surface area contributed by atoms with E-state index in [9.17, 15) is 4.79 Å². The first kappa shape index (κ1) is 17.3. The summed E-state index contributed by atoms with van der Waals surface area (Å²) in [5.41, 5.74) is 1.17. The predicted molar refractivity (Wildman–Crippen MR) is 88.8 cm³/mol. The van der Waals surface area contributed by atoms with Gasteiger partial charge in [-0.05, 0) is 49.9 Å². The van der Waals surface area contributed by atoms with Crippen LogP contribution in [0.5, 0.6) is 0 Å². The fourth-order valence-corrected chi connectivity index (χ4v) is 4.20. The molecule has 1 aromatic carbocycles. The molecule has 122 valence electrons. The van der Waals surface area contributed by atoms with E-state index in [1.807, 2.05) is 24.3 Å². The Kier molecular flexibility index (Phi) is 5.48. The SMILES string of the molecule is C.CN1C2CC[C@@H]1C[C@H](c1ccc(Cl)cc1)C2C(=O)NCO. The number of hydrogen-bond acceptors (Lipinski definition) is 3. The number of hydrogen-bond donors (Lipinski definition) is 2. The summed E-state index contributed by atoms with van der Waals surface area (Å²) in [6.07, 6.45) is 3.18. The van der Waals surface area contributed by atoms with Crippen molar-refractivity contribution in [3.63, 3.8) is 0 Å². The first-order valence-corrected chi connectivity index (χ1v) is 7.85. The molecule has 0 aliphatic carbocycles. The van der Waals surface area contributed by atoms with Crippen molar-refractivity contribution in [2.24, 2.45) is 5.92 Å². The highest BCUT2D eigenvalue weighted by Crippen LogP contribution is 2.46. The van der Waals surface area contributed by atoms with Crippen molar-refractivity contribution < 1.29 is 9.90 Å². The summed E-state index contributed by atoms with van der Waals surface area (Å²) >= 11 is 5.97. The maximum Gasteiger partial charge on any atom is 0.227 e. The molecule has 5 heteroatoms. The van der Waals surface area contributed by atoms with Gasteiger partial charge in [-0.1, -0.05) is 31.2 Å². The number of benzene rings is 1. The zero-order valence-corrected chi connectivity index (χ0v) is 12.9. The van der Waals surface area contributed by atoms with Gasteiger partial charge in [-0.2, -0.15) is 0 Å². The number of rotatable bonds is 3. The van der Waals surface area contributed by atoms with Gasteiger partial charge in [0.2, 0.25) is 5.91 Å². The number of nitrogens with zero attached hydrogens (tertiary/aromatic N) is 1. The minimum absolute atomic E-state index is 0. The number of carbonyl (C=O) groups is 1. The molecule has 2 bridgehead atoms. The van der Waals surface area contributed by atoms with Crippen LogP contribution >= 0.6 is 11.6 Å². The van der Waals surface area contributed by atoms with Crippen molar-refractivity contribution in [2.75, 3.05) is 13.8 Å². The molecule has 0 spiro atoms. The van der Waals surface area contributed by atoms with Crippen molar-refractivity contribution in [2.45, 2.75) is 44.7 Å². The number of amides is 1. The van der Waals surface area contributed by atoms with Crippen LogP contribution < -0.4 is 5.32 Å². The fourth-order valence-electron chi connectivity index (χ4n) is 4.07. The second kappa shape index (κ2) is 6.99. The topological polar surface area (TPSA) is 52.6 Å². The summed E-state index contributed by atoms with van der Waals surface area (Å²) in [5.74, 6) is 0.0410. The lowest BCUT2D eigenvalue weighted by atomic mass is 9.75.